The second-order valence-corrected chi connectivity index (χ2v) is 7.77. The van der Waals surface area contributed by atoms with Crippen molar-refractivity contribution in [2.45, 2.75) is 18.1 Å². The number of nitrogen functional groups attached to an aromatic ring is 1. The van der Waals surface area contributed by atoms with Gasteiger partial charge in [0.25, 0.3) is 5.69 Å². The molecule has 0 aliphatic rings. The van der Waals surface area contributed by atoms with E-state index in [0.717, 1.165) is 21.0 Å². The number of thiophene rings is 1. The quantitative estimate of drug-likeness (QED) is 0.434. The molecule has 24 heavy (non-hydrogen) atoms. The van der Waals surface area contributed by atoms with Gasteiger partial charge >= 0.3 is 0 Å². The summed E-state index contributed by atoms with van der Waals surface area (Å²) in [6, 6.07) is 11.4. The summed E-state index contributed by atoms with van der Waals surface area (Å²) in [7, 11) is 0. The van der Waals surface area contributed by atoms with E-state index >= 15 is 0 Å². The molecule has 3 nitrogen and oxygen atoms in total. The Balaban J connectivity index is 2.15. The van der Waals surface area contributed by atoms with Gasteiger partial charge in [0.05, 0.1) is 0 Å². The Morgan fingerprint density at radius 3 is 2.33 bits per heavy atom. The molecule has 0 spiro atoms. The summed E-state index contributed by atoms with van der Waals surface area (Å²) in [5.41, 5.74) is 10.8. The lowest BCUT2D eigenvalue weighted by Gasteiger charge is -2.01. The predicted octanol–water partition coefficient (Wildman–Crippen LogP) is 4.18. The summed E-state index contributed by atoms with van der Waals surface area (Å²) >= 11 is 3.08. The van der Waals surface area contributed by atoms with Gasteiger partial charge in [0.15, 0.2) is 12.4 Å². The lowest BCUT2D eigenvalue weighted by atomic mass is 10.1. The molecule has 3 rings (SSSR count). The summed E-state index contributed by atoms with van der Waals surface area (Å²) in [6.07, 6.45) is 6.10. The molecule has 0 saturated carbocycles. The Morgan fingerprint density at radius 2 is 1.75 bits per heavy atom. The smallest absolute Gasteiger partial charge is 0.259 e. The van der Waals surface area contributed by atoms with Gasteiger partial charge in [0, 0.05) is 16.7 Å². The molecule has 2 N–H and O–H groups in total. The van der Waals surface area contributed by atoms with E-state index in [1.807, 2.05) is 53.5 Å². The molecule has 0 fully saturated rings. The zero-order valence-electron chi connectivity index (χ0n) is 13.9. The largest absolute Gasteiger partial charge is 0.392 e. The number of nitrogens with zero attached hydrogens (tertiary/aromatic N) is 1. The van der Waals surface area contributed by atoms with Crippen LogP contribution in [0.1, 0.15) is 26.4 Å². The number of carbonyl (C=O) groups excluding carboxylic acids is 1. The number of carbonyl (C=O) groups is 1. The highest BCUT2D eigenvalue weighted by molar-refractivity contribution is 8.00. The fraction of sp³-hybridized carbons (Fsp3) is 0.158. The second-order valence-electron chi connectivity index (χ2n) is 5.68. The first-order chi connectivity index (χ1) is 11.5. The minimum Gasteiger partial charge on any atom is -0.392 e. The average molecular weight is 356 g/mol. The topological polar surface area (TPSA) is 47.0 Å². The standard InChI is InChI=1S/C19H18N2OS2/c1-12-9-13(2)11-21(10-12)16-15(20)18(24-19(16)23-3)17(22)14-7-5-4-6-8-14/h4-11H,1-3H3,(H-,20,22)/p+1. The summed E-state index contributed by atoms with van der Waals surface area (Å²) in [6.45, 7) is 4.11. The monoisotopic (exact) mass is 355 g/mol. The van der Waals surface area contributed by atoms with E-state index in [9.17, 15) is 4.79 Å². The lowest BCUT2D eigenvalue weighted by Crippen LogP contribution is -2.32. The van der Waals surface area contributed by atoms with Crippen molar-refractivity contribution in [2.75, 3.05) is 12.0 Å². The van der Waals surface area contributed by atoms with E-state index in [-0.39, 0.29) is 5.78 Å². The number of aromatic nitrogens is 1. The highest BCUT2D eigenvalue weighted by Gasteiger charge is 2.28. The first kappa shape index (κ1) is 16.7. The molecule has 0 aliphatic carbocycles. The van der Waals surface area contributed by atoms with Gasteiger partial charge in [0.2, 0.25) is 5.78 Å². The van der Waals surface area contributed by atoms with Crippen molar-refractivity contribution in [3.63, 3.8) is 0 Å². The molecular formula is C19H19N2OS2+. The van der Waals surface area contributed by atoms with E-state index in [1.54, 1.807) is 11.8 Å². The number of rotatable bonds is 4. The number of aryl methyl sites for hydroxylation is 2. The molecule has 2 aromatic heterocycles. The van der Waals surface area contributed by atoms with Crippen LogP contribution in [0.5, 0.6) is 0 Å². The molecule has 3 aromatic rings. The maximum atomic E-state index is 12.8. The maximum absolute atomic E-state index is 12.8. The number of nitrogens with two attached hydrogens (primary N) is 1. The Bertz CT molecular complexity index is 881. The molecule has 0 unspecified atom stereocenters. The third kappa shape index (κ3) is 3.09. The highest BCUT2D eigenvalue weighted by atomic mass is 32.2. The number of ketones is 1. The number of hydrogen-bond acceptors (Lipinski definition) is 4. The van der Waals surface area contributed by atoms with E-state index < -0.39 is 0 Å². The Kier molecular flexibility index (Phi) is 4.73. The van der Waals surface area contributed by atoms with Crippen molar-refractivity contribution >= 4 is 34.6 Å². The van der Waals surface area contributed by atoms with Crippen LogP contribution in [0.2, 0.25) is 0 Å². The summed E-state index contributed by atoms with van der Waals surface area (Å²) in [5, 5.41) is 0. The molecule has 0 radical (unpaired) electrons. The minimum atomic E-state index is -0.0235. The number of hydrogen-bond donors (Lipinski definition) is 1. The lowest BCUT2D eigenvalue weighted by molar-refractivity contribution is -0.597. The number of anilines is 1. The first-order valence-corrected chi connectivity index (χ1v) is 9.61. The predicted molar refractivity (Wildman–Crippen MR) is 101 cm³/mol. The second kappa shape index (κ2) is 6.79. The zero-order valence-corrected chi connectivity index (χ0v) is 15.5. The van der Waals surface area contributed by atoms with Crippen LogP contribution in [-0.4, -0.2) is 12.0 Å². The van der Waals surface area contributed by atoms with E-state index in [1.165, 1.54) is 11.3 Å². The first-order valence-electron chi connectivity index (χ1n) is 7.57. The third-order valence-electron chi connectivity index (χ3n) is 3.71. The van der Waals surface area contributed by atoms with Crippen molar-refractivity contribution in [2.24, 2.45) is 0 Å². The third-order valence-corrected chi connectivity index (χ3v) is 6.02. The fourth-order valence-electron chi connectivity index (χ4n) is 2.72. The molecular weight excluding hydrogens is 336 g/mol. The van der Waals surface area contributed by atoms with Gasteiger partial charge in [-0.1, -0.05) is 30.3 Å². The Morgan fingerprint density at radius 1 is 1.12 bits per heavy atom. The van der Waals surface area contributed by atoms with Crippen LogP contribution in [-0.2, 0) is 0 Å². The Labute approximate surface area is 150 Å². The Hall–Kier alpha value is -2.11. The SMILES string of the molecule is CSc1sc(C(=O)c2ccccc2)c(N)c1-[n+]1cc(C)cc(C)c1. The molecule has 2 heterocycles. The van der Waals surface area contributed by atoms with Crippen molar-refractivity contribution in [3.05, 3.63) is 70.4 Å². The van der Waals surface area contributed by atoms with E-state index in [2.05, 4.69) is 19.9 Å². The normalized spacial score (nSPS) is 10.8. The zero-order chi connectivity index (χ0) is 17.3. The molecule has 0 aliphatic heterocycles. The molecule has 0 saturated heterocycles. The van der Waals surface area contributed by atoms with Crippen LogP contribution < -0.4 is 10.3 Å². The van der Waals surface area contributed by atoms with Crippen LogP contribution in [0.4, 0.5) is 5.69 Å². The number of pyridine rings is 1. The summed E-state index contributed by atoms with van der Waals surface area (Å²) < 4.78 is 3.08. The van der Waals surface area contributed by atoms with Crippen LogP contribution in [0.3, 0.4) is 0 Å². The number of thioether (sulfide) groups is 1. The molecule has 0 bridgehead atoms. The molecule has 1 aromatic carbocycles. The van der Waals surface area contributed by atoms with Gasteiger partial charge in [-0.25, -0.2) is 0 Å². The van der Waals surface area contributed by atoms with Crippen LogP contribution in [0, 0.1) is 13.8 Å². The van der Waals surface area contributed by atoms with Gasteiger partial charge in [-0.2, -0.15) is 4.57 Å². The minimum absolute atomic E-state index is 0.0235. The molecule has 5 heteroatoms. The van der Waals surface area contributed by atoms with Crippen LogP contribution in [0.15, 0.2) is 53.0 Å². The average Bonchev–Trinajstić information content (AvgIpc) is 2.90. The van der Waals surface area contributed by atoms with Gasteiger partial charge in [-0.05, 0) is 26.2 Å². The van der Waals surface area contributed by atoms with Crippen molar-refractivity contribution < 1.29 is 9.36 Å². The van der Waals surface area contributed by atoms with Gasteiger partial charge in [0.1, 0.15) is 14.8 Å². The van der Waals surface area contributed by atoms with E-state index in [0.29, 0.717) is 16.1 Å². The van der Waals surface area contributed by atoms with Crippen LogP contribution >= 0.6 is 23.1 Å². The van der Waals surface area contributed by atoms with Crippen molar-refractivity contribution in [1.82, 2.24) is 0 Å². The van der Waals surface area contributed by atoms with Crippen LogP contribution in [0.25, 0.3) is 5.69 Å². The molecule has 0 amide bonds. The number of benzene rings is 1. The van der Waals surface area contributed by atoms with Gasteiger partial charge in [-0.3, -0.25) is 4.79 Å². The fourth-order valence-corrected chi connectivity index (χ4v) is 4.63. The van der Waals surface area contributed by atoms with Crippen molar-refractivity contribution in [1.29, 1.82) is 0 Å². The summed E-state index contributed by atoms with van der Waals surface area (Å²) in [5.74, 6) is -0.0235. The van der Waals surface area contributed by atoms with E-state index in [4.69, 9.17) is 5.73 Å². The van der Waals surface area contributed by atoms with Crippen molar-refractivity contribution in [3.8, 4) is 5.69 Å². The summed E-state index contributed by atoms with van der Waals surface area (Å²) in [4.78, 5) is 13.4. The molecule has 122 valence electrons. The van der Waals surface area contributed by atoms with Gasteiger partial charge < -0.3 is 5.73 Å². The highest BCUT2D eigenvalue weighted by Crippen LogP contribution is 2.38. The maximum Gasteiger partial charge on any atom is 0.259 e. The van der Waals surface area contributed by atoms with Gasteiger partial charge in [-0.15, -0.1) is 23.1 Å². The molecule has 0 atom stereocenters.